The Bertz CT molecular complexity index is 544. The number of benzene rings is 1. The summed E-state index contributed by atoms with van der Waals surface area (Å²) in [4.78, 5) is 0. The van der Waals surface area contributed by atoms with Crippen LogP contribution in [0.5, 0.6) is 0 Å². The van der Waals surface area contributed by atoms with E-state index in [1.54, 1.807) is 0 Å². The summed E-state index contributed by atoms with van der Waals surface area (Å²) in [6.45, 7) is 8.51. The second kappa shape index (κ2) is 4.17. The van der Waals surface area contributed by atoms with Crippen molar-refractivity contribution in [2.75, 3.05) is 0 Å². The summed E-state index contributed by atoms with van der Waals surface area (Å²) in [6.07, 6.45) is 3.21. The zero-order valence-corrected chi connectivity index (χ0v) is 10.4. The third-order valence-corrected chi connectivity index (χ3v) is 3.07. The number of aryl methyl sites for hydroxylation is 2. The minimum atomic E-state index is 0.993. The van der Waals surface area contributed by atoms with E-state index in [9.17, 15) is 0 Å². The minimum absolute atomic E-state index is 0.993. The van der Waals surface area contributed by atoms with Crippen LogP contribution >= 0.6 is 0 Å². The van der Waals surface area contributed by atoms with Crippen molar-refractivity contribution in [3.8, 4) is 0 Å². The second-order valence-corrected chi connectivity index (χ2v) is 4.44. The van der Waals surface area contributed by atoms with Gasteiger partial charge in [-0.1, -0.05) is 24.6 Å². The summed E-state index contributed by atoms with van der Waals surface area (Å²) in [5, 5.41) is 1.22. The molecule has 1 heterocycles. The standard InChI is InChI=1S/C15H18O/c1-5-10(2)8-14-12(4)13-7-6-11(3)9-15(13)16-14/h6-9H,5H2,1-4H3/b10-8-. The summed E-state index contributed by atoms with van der Waals surface area (Å²) < 4.78 is 5.88. The van der Waals surface area contributed by atoms with Gasteiger partial charge in [0.05, 0.1) is 0 Å². The molecule has 0 aliphatic rings. The predicted molar refractivity (Wildman–Crippen MR) is 69.6 cm³/mol. The van der Waals surface area contributed by atoms with Gasteiger partial charge in [0.1, 0.15) is 11.3 Å². The Hall–Kier alpha value is -1.50. The number of rotatable bonds is 2. The molecule has 0 radical (unpaired) electrons. The maximum absolute atomic E-state index is 5.88. The molecule has 0 N–H and O–H groups in total. The van der Waals surface area contributed by atoms with E-state index in [0.29, 0.717) is 0 Å². The molecule has 0 fully saturated rings. The maximum Gasteiger partial charge on any atom is 0.135 e. The normalized spacial score (nSPS) is 12.4. The minimum Gasteiger partial charge on any atom is -0.456 e. The molecule has 84 valence electrons. The maximum atomic E-state index is 5.88. The zero-order chi connectivity index (χ0) is 11.7. The fourth-order valence-corrected chi connectivity index (χ4v) is 1.82. The van der Waals surface area contributed by atoms with Crippen molar-refractivity contribution in [1.82, 2.24) is 0 Å². The lowest BCUT2D eigenvalue weighted by Gasteiger charge is -1.93. The molecule has 2 rings (SSSR count). The van der Waals surface area contributed by atoms with Gasteiger partial charge in [-0.3, -0.25) is 0 Å². The summed E-state index contributed by atoms with van der Waals surface area (Å²) in [5.74, 6) is 1.000. The molecule has 16 heavy (non-hydrogen) atoms. The second-order valence-electron chi connectivity index (χ2n) is 4.44. The molecule has 0 bridgehead atoms. The first-order valence-corrected chi connectivity index (χ1v) is 5.78. The molecule has 1 nitrogen and oxygen atoms in total. The number of fused-ring (bicyclic) bond motifs is 1. The molecular weight excluding hydrogens is 196 g/mol. The lowest BCUT2D eigenvalue weighted by Crippen LogP contribution is -1.75. The molecule has 1 heteroatoms. The summed E-state index contributed by atoms with van der Waals surface area (Å²) >= 11 is 0. The van der Waals surface area contributed by atoms with Crippen LogP contribution in [0.2, 0.25) is 0 Å². The van der Waals surface area contributed by atoms with E-state index < -0.39 is 0 Å². The van der Waals surface area contributed by atoms with Crippen molar-refractivity contribution in [2.45, 2.75) is 34.1 Å². The van der Waals surface area contributed by atoms with Crippen LogP contribution in [-0.2, 0) is 0 Å². The molecule has 0 spiro atoms. The number of allylic oxidation sites excluding steroid dienone is 1. The average molecular weight is 214 g/mol. The van der Waals surface area contributed by atoms with Gasteiger partial charge in [0.25, 0.3) is 0 Å². The lowest BCUT2D eigenvalue weighted by atomic mass is 10.1. The van der Waals surface area contributed by atoms with Crippen LogP contribution in [0.1, 0.15) is 37.2 Å². The zero-order valence-electron chi connectivity index (χ0n) is 10.4. The highest BCUT2D eigenvalue weighted by atomic mass is 16.3. The van der Waals surface area contributed by atoms with Crippen molar-refractivity contribution >= 4 is 17.0 Å². The van der Waals surface area contributed by atoms with Crippen LogP contribution in [0.25, 0.3) is 17.0 Å². The molecule has 1 aromatic heterocycles. The fourth-order valence-electron chi connectivity index (χ4n) is 1.82. The average Bonchev–Trinajstić information content (AvgIpc) is 2.55. The molecule has 0 atom stereocenters. The molecule has 0 saturated carbocycles. The molecular formula is C15H18O. The van der Waals surface area contributed by atoms with Crippen molar-refractivity contribution in [3.63, 3.8) is 0 Å². The van der Waals surface area contributed by atoms with Gasteiger partial charge in [-0.05, 0) is 44.9 Å². The van der Waals surface area contributed by atoms with E-state index in [1.165, 1.54) is 22.1 Å². The van der Waals surface area contributed by atoms with Gasteiger partial charge in [-0.2, -0.15) is 0 Å². The van der Waals surface area contributed by atoms with Gasteiger partial charge in [0.15, 0.2) is 0 Å². The molecule has 2 aromatic rings. The van der Waals surface area contributed by atoms with E-state index in [-0.39, 0.29) is 0 Å². The van der Waals surface area contributed by atoms with Gasteiger partial charge in [-0.15, -0.1) is 0 Å². The van der Waals surface area contributed by atoms with E-state index in [4.69, 9.17) is 4.42 Å². The smallest absolute Gasteiger partial charge is 0.135 e. The Morgan fingerprint density at radius 1 is 1.31 bits per heavy atom. The molecule has 0 aliphatic carbocycles. The van der Waals surface area contributed by atoms with E-state index in [0.717, 1.165) is 17.8 Å². The molecule has 0 amide bonds. The van der Waals surface area contributed by atoms with Crippen molar-refractivity contribution < 1.29 is 4.42 Å². The van der Waals surface area contributed by atoms with Crippen LogP contribution in [0.3, 0.4) is 0 Å². The topological polar surface area (TPSA) is 13.1 Å². The largest absolute Gasteiger partial charge is 0.456 e. The third kappa shape index (κ3) is 1.90. The van der Waals surface area contributed by atoms with E-state index >= 15 is 0 Å². The van der Waals surface area contributed by atoms with E-state index in [2.05, 4.69) is 52.0 Å². The highest BCUT2D eigenvalue weighted by Crippen LogP contribution is 2.27. The van der Waals surface area contributed by atoms with Gasteiger partial charge in [-0.25, -0.2) is 0 Å². The Morgan fingerprint density at radius 2 is 2.06 bits per heavy atom. The van der Waals surface area contributed by atoms with Crippen LogP contribution in [0.15, 0.2) is 28.2 Å². The number of hydrogen-bond donors (Lipinski definition) is 0. The first kappa shape index (κ1) is 11.0. The lowest BCUT2D eigenvalue weighted by molar-refractivity contribution is 0.600. The predicted octanol–water partition coefficient (Wildman–Crippen LogP) is 4.86. The SMILES string of the molecule is CC/C(C)=C\c1oc2cc(C)ccc2c1C. The molecule has 0 unspecified atom stereocenters. The Labute approximate surface area is 96.8 Å². The number of hydrogen-bond acceptors (Lipinski definition) is 1. The monoisotopic (exact) mass is 214 g/mol. The first-order chi connectivity index (χ1) is 7.61. The highest BCUT2D eigenvalue weighted by molar-refractivity contribution is 5.85. The van der Waals surface area contributed by atoms with Gasteiger partial charge in [0, 0.05) is 10.9 Å². The van der Waals surface area contributed by atoms with Crippen molar-refractivity contribution in [3.05, 3.63) is 40.7 Å². The van der Waals surface area contributed by atoms with E-state index in [1.807, 2.05) is 0 Å². The third-order valence-electron chi connectivity index (χ3n) is 3.07. The number of furan rings is 1. The Kier molecular flexibility index (Phi) is 2.86. The summed E-state index contributed by atoms with van der Waals surface area (Å²) in [6, 6.07) is 6.37. The fraction of sp³-hybridized carbons (Fsp3) is 0.333. The quantitative estimate of drug-likeness (QED) is 0.695. The van der Waals surface area contributed by atoms with Crippen LogP contribution in [0.4, 0.5) is 0 Å². The molecule has 0 saturated heterocycles. The molecule has 1 aromatic carbocycles. The first-order valence-electron chi connectivity index (χ1n) is 5.78. The van der Waals surface area contributed by atoms with Crippen LogP contribution in [0, 0.1) is 13.8 Å². The highest BCUT2D eigenvalue weighted by Gasteiger charge is 2.08. The Morgan fingerprint density at radius 3 is 2.75 bits per heavy atom. The van der Waals surface area contributed by atoms with Crippen molar-refractivity contribution in [2.24, 2.45) is 0 Å². The van der Waals surface area contributed by atoms with Crippen LogP contribution in [-0.4, -0.2) is 0 Å². The van der Waals surface area contributed by atoms with Gasteiger partial charge >= 0.3 is 0 Å². The van der Waals surface area contributed by atoms with Crippen LogP contribution < -0.4 is 0 Å². The molecule has 0 aliphatic heterocycles. The van der Waals surface area contributed by atoms with Gasteiger partial charge < -0.3 is 4.42 Å². The summed E-state index contributed by atoms with van der Waals surface area (Å²) in [7, 11) is 0. The Balaban J connectivity index is 2.60. The van der Waals surface area contributed by atoms with Gasteiger partial charge in [0.2, 0.25) is 0 Å². The van der Waals surface area contributed by atoms with Crippen molar-refractivity contribution in [1.29, 1.82) is 0 Å². The summed E-state index contributed by atoms with van der Waals surface area (Å²) in [5.41, 5.74) is 4.82.